The Morgan fingerprint density at radius 3 is 2.61 bits per heavy atom. The van der Waals surface area contributed by atoms with E-state index in [9.17, 15) is 23.6 Å². The second-order valence-electron chi connectivity index (χ2n) is 5.59. The highest BCUT2D eigenvalue weighted by Crippen LogP contribution is 2.31. The molecular formula is C15H14FN3O4. The number of halogens is 1. The van der Waals surface area contributed by atoms with Crippen molar-refractivity contribution >= 4 is 29.4 Å². The van der Waals surface area contributed by atoms with Crippen LogP contribution in [0.15, 0.2) is 18.2 Å². The van der Waals surface area contributed by atoms with Crippen molar-refractivity contribution in [3.8, 4) is 0 Å². The summed E-state index contributed by atoms with van der Waals surface area (Å²) in [4.78, 5) is 49.2. The highest BCUT2D eigenvalue weighted by atomic mass is 19.1. The standard InChI is InChI=1S/C15H14FN3O4/c1-8-2-3-9(16)6-11(8)17-12(20)7-18-13(21)14(22)19(15(18)23)10-4-5-10/h2-3,6,10H,4-5,7H2,1H3,(H,17,20). The normalized spacial score (nSPS) is 17.9. The average Bonchev–Trinajstić information content (AvgIpc) is 3.29. The van der Waals surface area contributed by atoms with Crippen LogP contribution in [0.5, 0.6) is 0 Å². The van der Waals surface area contributed by atoms with Gasteiger partial charge in [-0.2, -0.15) is 0 Å². The van der Waals surface area contributed by atoms with E-state index in [1.54, 1.807) is 6.92 Å². The van der Waals surface area contributed by atoms with E-state index in [1.807, 2.05) is 0 Å². The summed E-state index contributed by atoms with van der Waals surface area (Å²) < 4.78 is 13.2. The lowest BCUT2D eigenvalue weighted by Crippen LogP contribution is -2.39. The minimum absolute atomic E-state index is 0.238. The molecule has 1 aromatic carbocycles. The maximum Gasteiger partial charge on any atom is 0.334 e. The predicted octanol–water partition coefficient (Wildman–Crippen LogP) is 1.03. The first kappa shape index (κ1) is 15.1. The number of rotatable bonds is 4. The summed E-state index contributed by atoms with van der Waals surface area (Å²) in [6.07, 6.45) is 1.35. The highest BCUT2D eigenvalue weighted by Gasteiger charge is 2.51. The van der Waals surface area contributed by atoms with Crippen molar-refractivity contribution in [2.45, 2.75) is 25.8 Å². The van der Waals surface area contributed by atoms with Gasteiger partial charge in [-0.3, -0.25) is 19.3 Å². The van der Waals surface area contributed by atoms with Crippen LogP contribution in [0.25, 0.3) is 0 Å². The van der Waals surface area contributed by atoms with Crippen molar-refractivity contribution in [2.75, 3.05) is 11.9 Å². The molecule has 1 heterocycles. The number of carbonyl (C=O) groups is 4. The zero-order valence-corrected chi connectivity index (χ0v) is 12.3. The number of hydrogen-bond acceptors (Lipinski definition) is 4. The van der Waals surface area contributed by atoms with Crippen LogP contribution in [0.2, 0.25) is 0 Å². The molecule has 3 rings (SSSR count). The SMILES string of the molecule is Cc1ccc(F)cc1NC(=O)CN1C(=O)C(=O)N(C2CC2)C1=O. The monoisotopic (exact) mass is 319 g/mol. The van der Waals surface area contributed by atoms with Gasteiger partial charge < -0.3 is 5.32 Å². The Morgan fingerprint density at radius 1 is 1.26 bits per heavy atom. The van der Waals surface area contributed by atoms with Crippen molar-refractivity contribution in [3.05, 3.63) is 29.6 Å². The first-order chi connectivity index (χ1) is 10.9. The maximum absolute atomic E-state index is 13.2. The summed E-state index contributed by atoms with van der Waals surface area (Å²) in [6, 6.07) is 2.88. The fourth-order valence-electron chi connectivity index (χ4n) is 2.38. The summed E-state index contributed by atoms with van der Waals surface area (Å²) >= 11 is 0. The molecule has 0 radical (unpaired) electrons. The molecule has 0 spiro atoms. The van der Waals surface area contributed by atoms with Crippen molar-refractivity contribution in [1.82, 2.24) is 9.80 Å². The molecule has 1 aliphatic heterocycles. The lowest BCUT2D eigenvalue weighted by Gasteiger charge is -2.15. The van der Waals surface area contributed by atoms with Crippen LogP contribution in [0, 0.1) is 12.7 Å². The van der Waals surface area contributed by atoms with Gasteiger partial charge in [-0.1, -0.05) is 6.07 Å². The minimum atomic E-state index is -1.01. The Morgan fingerprint density at radius 2 is 1.96 bits per heavy atom. The Balaban J connectivity index is 1.70. The predicted molar refractivity (Wildman–Crippen MR) is 76.7 cm³/mol. The van der Waals surface area contributed by atoms with Gasteiger partial charge in [0.15, 0.2) is 0 Å². The number of anilines is 1. The fraction of sp³-hybridized carbons (Fsp3) is 0.333. The van der Waals surface area contributed by atoms with Crippen LogP contribution in [-0.4, -0.2) is 46.1 Å². The van der Waals surface area contributed by atoms with E-state index in [0.29, 0.717) is 23.3 Å². The zero-order chi connectivity index (χ0) is 16.7. The van der Waals surface area contributed by atoms with E-state index in [-0.39, 0.29) is 11.7 Å². The molecule has 1 N–H and O–H groups in total. The van der Waals surface area contributed by atoms with Crippen LogP contribution in [-0.2, 0) is 14.4 Å². The molecule has 1 saturated carbocycles. The van der Waals surface area contributed by atoms with E-state index >= 15 is 0 Å². The number of nitrogens with one attached hydrogen (secondary N) is 1. The zero-order valence-electron chi connectivity index (χ0n) is 12.3. The third-order valence-electron chi connectivity index (χ3n) is 3.77. The van der Waals surface area contributed by atoms with Gasteiger partial charge in [0, 0.05) is 11.7 Å². The Bertz CT molecular complexity index is 729. The van der Waals surface area contributed by atoms with Crippen molar-refractivity contribution in [2.24, 2.45) is 0 Å². The molecule has 120 valence electrons. The third-order valence-corrected chi connectivity index (χ3v) is 3.77. The number of carbonyl (C=O) groups excluding carboxylic acids is 4. The van der Waals surface area contributed by atoms with Crippen LogP contribution in [0.1, 0.15) is 18.4 Å². The van der Waals surface area contributed by atoms with E-state index in [1.165, 1.54) is 12.1 Å². The van der Waals surface area contributed by atoms with Gasteiger partial charge in [0.05, 0.1) is 0 Å². The lowest BCUT2D eigenvalue weighted by molar-refractivity contribution is -0.143. The number of benzene rings is 1. The Labute approximate surface area is 131 Å². The maximum atomic E-state index is 13.2. The molecule has 0 bridgehead atoms. The first-order valence-corrected chi connectivity index (χ1v) is 7.13. The molecule has 1 saturated heterocycles. The number of hydrogen-bond donors (Lipinski definition) is 1. The fourth-order valence-corrected chi connectivity index (χ4v) is 2.38. The summed E-state index contributed by atoms with van der Waals surface area (Å²) in [5, 5.41) is 2.44. The number of imide groups is 2. The molecule has 0 aromatic heterocycles. The molecule has 23 heavy (non-hydrogen) atoms. The molecule has 2 fully saturated rings. The molecule has 2 aliphatic rings. The van der Waals surface area contributed by atoms with E-state index in [4.69, 9.17) is 0 Å². The van der Waals surface area contributed by atoms with Crippen LogP contribution < -0.4 is 5.32 Å². The molecule has 7 nitrogen and oxygen atoms in total. The van der Waals surface area contributed by atoms with Gasteiger partial charge in [0.1, 0.15) is 12.4 Å². The minimum Gasteiger partial charge on any atom is -0.324 e. The Kier molecular flexibility index (Phi) is 3.59. The molecule has 1 aromatic rings. The Hall–Kier alpha value is -2.77. The van der Waals surface area contributed by atoms with Crippen molar-refractivity contribution in [1.29, 1.82) is 0 Å². The number of nitrogens with zero attached hydrogens (tertiary/aromatic N) is 2. The van der Waals surface area contributed by atoms with E-state index in [0.717, 1.165) is 11.0 Å². The number of aryl methyl sites for hydroxylation is 1. The molecule has 5 amide bonds. The van der Waals surface area contributed by atoms with Gasteiger partial charge in [-0.25, -0.2) is 14.1 Å². The van der Waals surface area contributed by atoms with Gasteiger partial charge in [0.2, 0.25) is 5.91 Å². The summed E-state index contributed by atoms with van der Waals surface area (Å²) in [6.45, 7) is 1.10. The molecule has 8 heteroatoms. The largest absolute Gasteiger partial charge is 0.334 e. The molecule has 1 aliphatic carbocycles. The molecule has 0 unspecified atom stereocenters. The van der Waals surface area contributed by atoms with Gasteiger partial charge in [0.25, 0.3) is 0 Å². The first-order valence-electron chi connectivity index (χ1n) is 7.13. The third kappa shape index (κ3) is 2.79. The van der Waals surface area contributed by atoms with Gasteiger partial charge in [-0.15, -0.1) is 0 Å². The van der Waals surface area contributed by atoms with E-state index < -0.39 is 36.1 Å². The van der Waals surface area contributed by atoms with Gasteiger partial charge >= 0.3 is 17.8 Å². The summed E-state index contributed by atoms with van der Waals surface area (Å²) in [5.41, 5.74) is 0.883. The highest BCUT2D eigenvalue weighted by molar-refractivity contribution is 6.45. The lowest BCUT2D eigenvalue weighted by atomic mass is 10.2. The topological polar surface area (TPSA) is 86.8 Å². The second kappa shape index (κ2) is 5.45. The summed E-state index contributed by atoms with van der Waals surface area (Å²) in [5.74, 6) is -3.10. The van der Waals surface area contributed by atoms with Crippen LogP contribution in [0.3, 0.4) is 0 Å². The quantitative estimate of drug-likeness (QED) is 0.663. The van der Waals surface area contributed by atoms with Crippen LogP contribution in [0.4, 0.5) is 14.9 Å². The van der Waals surface area contributed by atoms with Gasteiger partial charge in [-0.05, 0) is 37.5 Å². The number of amides is 5. The average molecular weight is 319 g/mol. The smallest absolute Gasteiger partial charge is 0.324 e. The summed E-state index contributed by atoms with van der Waals surface area (Å²) in [7, 11) is 0. The van der Waals surface area contributed by atoms with Crippen molar-refractivity contribution < 1.29 is 23.6 Å². The van der Waals surface area contributed by atoms with Crippen LogP contribution >= 0.6 is 0 Å². The second-order valence-corrected chi connectivity index (χ2v) is 5.59. The number of urea groups is 1. The van der Waals surface area contributed by atoms with Crippen molar-refractivity contribution in [3.63, 3.8) is 0 Å². The van der Waals surface area contributed by atoms with E-state index in [2.05, 4.69) is 5.32 Å². The molecule has 0 atom stereocenters. The molecular weight excluding hydrogens is 305 g/mol.